The Morgan fingerprint density at radius 2 is 1.96 bits per heavy atom. The molecule has 0 aromatic carbocycles. The van der Waals surface area contributed by atoms with Crippen LogP contribution >= 0.6 is 0 Å². The molecule has 2 aromatic rings. The molecule has 2 aliphatic rings. The normalized spacial score (nSPS) is 29.4. The first-order chi connectivity index (χ1) is 13.1. The van der Waals surface area contributed by atoms with Crippen molar-refractivity contribution < 1.29 is 20.1 Å². The van der Waals surface area contributed by atoms with Gasteiger partial charge in [-0.05, 0) is 18.8 Å². The minimum absolute atomic E-state index is 0.0853. The van der Waals surface area contributed by atoms with Gasteiger partial charge in [-0.2, -0.15) is 9.97 Å². The van der Waals surface area contributed by atoms with Crippen LogP contribution < -0.4 is 11.1 Å². The summed E-state index contributed by atoms with van der Waals surface area (Å²) in [6.45, 7) is 0.402. The zero-order chi connectivity index (χ0) is 19.0. The van der Waals surface area contributed by atoms with Gasteiger partial charge in [0.15, 0.2) is 23.2 Å². The number of nitrogens with one attached hydrogen (secondary N) is 1. The Morgan fingerprint density at radius 1 is 1.19 bits per heavy atom. The molecule has 0 bridgehead atoms. The number of rotatable bonds is 5. The number of fused-ring (bicyclic) bond motifs is 1. The molecule has 4 atom stereocenters. The van der Waals surface area contributed by atoms with Crippen LogP contribution in [0.1, 0.15) is 38.3 Å². The minimum Gasteiger partial charge on any atom is -0.394 e. The lowest BCUT2D eigenvalue weighted by atomic mass is 9.89. The second kappa shape index (κ2) is 7.55. The van der Waals surface area contributed by atoms with E-state index in [1.54, 1.807) is 0 Å². The van der Waals surface area contributed by atoms with Crippen molar-refractivity contribution >= 4 is 22.9 Å². The second-order valence-corrected chi connectivity index (χ2v) is 7.37. The van der Waals surface area contributed by atoms with Crippen molar-refractivity contribution in [1.82, 2.24) is 19.5 Å². The SMILES string of the molecule is Nc1nc(NCC2CCCCC2)c2ncn([C@@H]3O[C@H](CO)[C@@H](O)[C@H]3O)c2n1. The maximum Gasteiger partial charge on any atom is 0.224 e. The summed E-state index contributed by atoms with van der Waals surface area (Å²) in [4.78, 5) is 12.9. The van der Waals surface area contributed by atoms with Gasteiger partial charge in [-0.15, -0.1) is 0 Å². The highest BCUT2D eigenvalue weighted by Gasteiger charge is 2.44. The van der Waals surface area contributed by atoms with Crippen molar-refractivity contribution in [2.24, 2.45) is 5.92 Å². The highest BCUT2D eigenvalue weighted by atomic mass is 16.6. The van der Waals surface area contributed by atoms with Crippen molar-refractivity contribution in [1.29, 1.82) is 0 Å². The number of nitrogens with zero attached hydrogens (tertiary/aromatic N) is 4. The van der Waals surface area contributed by atoms with E-state index in [2.05, 4.69) is 20.3 Å². The lowest BCUT2D eigenvalue weighted by Gasteiger charge is -2.22. The smallest absolute Gasteiger partial charge is 0.224 e. The number of aliphatic hydroxyl groups excluding tert-OH is 3. The quantitative estimate of drug-likeness (QED) is 0.484. The molecule has 2 aromatic heterocycles. The molecule has 10 heteroatoms. The van der Waals surface area contributed by atoms with Gasteiger partial charge in [-0.25, -0.2) is 4.98 Å². The zero-order valence-corrected chi connectivity index (χ0v) is 15.0. The Bertz CT molecular complexity index is 793. The summed E-state index contributed by atoms with van der Waals surface area (Å²) in [6, 6.07) is 0. The number of hydrogen-bond acceptors (Lipinski definition) is 9. The number of aromatic nitrogens is 4. The molecule has 4 rings (SSSR count). The fraction of sp³-hybridized carbons (Fsp3) is 0.706. The van der Waals surface area contributed by atoms with E-state index in [1.807, 2.05) is 0 Å². The average Bonchev–Trinajstić information content (AvgIpc) is 3.22. The fourth-order valence-corrected chi connectivity index (χ4v) is 3.98. The summed E-state index contributed by atoms with van der Waals surface area (Å²) in [6.07, 6.45) is 3.51. The van der Waals surface area contributed by atoms with Crippen molar-refractivity contribution in [3.05, 3.63) is 6.33 Å². The lowest BCUT2D eigenvalue weighted by Crippen LogP contribution is -2.33. The molecule has 27 heavy (non-hydrogen) atoms. The Morgan fingerprint density at radius 3 is 2.67 bits per heavy atom. The van der Waals surface area contributed by atoms with Crippen LogP contribution in [-0.2, 0) is 4.74 Å². The summed E-state index contributed by atoms with van der Waals surface area (Å²) in [5, 5.41) is 32.9. The molecule has 10 nitrogen and oxygen atoms in total. The fourth-order valence-electron chi connectivity index (χ4n) is 3.98. The number of nitrogens with two attached hydrogens (primary N) is 1. The Labute approximate surface area is 156 Å². The van der Waals surface area contributed by atoms with E-state index < -0.39 is 31.1 Å². The van der Waals surface area contributed by atoms with Crippen LogP contribution in [0.4, 0.5) is 11.8 Å². The maximum atomic E-state index is 10.3. The third kappa shape index (κ3) is 3.45. The van der Waals surface area contributed by atoms with Crippen LogP contribution in [0.2, 0.25) is 0 Å². The predicted molar refractivity (Wildman–Crippen MR) is 97.8 cm³/mol. The zero-order valence-electron chi connectivity index (χ0n) is 15.0. The lowest BCUT2D eigenvalue weighted by molar-refractivity contribution is -0.0511. The number of anilines is 2. The molecule has 1 aliphatic heterocycles. The molecule has 6 N–H and O–H groups in total. The van der Waals surface area contributed by atoms with Crippen molar-refractivity contribution in [2.75, 3.05) is 24.2 Å². The van der Waals surface area contributed by atoms with Crippen LogP contribution in [0.25, 0.3) is 11.2 Å². The Balaban J connectivity index is 1.60. The third-order valence-corrected chi connectivity index (χ3v) is 5.51. The van der Waals surface area contributed by atoms with Crippen molar-refractivity contribution in [3.63, 3.8) is 0 Å². The van der Waals surface area contributed by atoms with Crippen LogP contribution in [0.3, 0.4) is 0 Å². The van der Waals surface area contributed by atoms with Crippen LogP contribution in [-0.4, -0.2) is 66.3 Å². The molecule has 0 radical (unpaired) electrons. The predicted octanol–water partition coefficient (Wildman–Crippen LogP) is 0.0122. The van der Waals surface area contributed by atoms with Gasteiger partial charge in [-0.3, -0.25) is 4.57 Å². The van der Waals surface area contributed by atoms with Gasteiger partial charge in [0.25, 0.3) is 0 Å². The molecule has 0 amide bonds. The molecule has 0 spiro atoms. The average molecular weight is 378 g/mol. The third-order valence-electron chi connectivity index (χ3n) is 5.51. The van der Waals surface area contributed by atoms with Gasteiger partial charge in [0, 0.05) is 6.54 Å². The first-order valence-electron chi connectivity index (χ1n) is 9.45. The number of aliphatic hydroxyl groups is 3. The number of imidazole rings is 1. The standard InChI is InChI=1S/C17H26N6O4/c18-17-21-14(19-6-9-4-2-1-3-5-9)11-15(22-17)23(8-20-11)16-13(26)12(25)10(7-24)27-16/h8-10,12-13,16,24-26H,1-7H2,(H3,18,19,21,22)/t10-,12-,13-,16-/m1/s1. The first kappa shape index (κ1) is 18.4. The van der Waals surface area contributed by atoms with Gasteiger partial charge in [0.1, 0.15) is 18.3 Å². The molecule has 1 aliphatic carbocycles. The Hall–Kier alpha value is -2.01. The highest BCUT2D eigenvalue weighted by Crippen LogP contribution is 2.33. The molecule has 1 saturated carbocycles. The van der Waals surface area contributed by atoms with Gasteiger partial charge in [-0.1, -0.05) is 19.3 Å². The van der Waals surface area contributed by atoms with E-state index in [4.69, 9.17) is 10.5 Å². The summed E-state index contributed by atoms with van der Waals surface area (Å²) in [5.41, 5.74) is 6.81. The molecule has 1 saturated heterocycles. The summed E-state index contributed by atoms with van der Waals surface area (Å²) in [7, 11) is 0. The highest BCUT2D eigenvalue weighted by molar-refractivity contribution is 5.84. The van der Waals surface area contributed by atoms with E-state index in [0.717, 1.165) is 6.54 Å². The van der Waals surface area contributed by atoms with Crippen LogP contribution in [0.5, 0.6) is 0 Å². The molecular weight excluding hydrogens is 352 g/mol. The van der Waals surface area contributed by atoms with Gasteiger partial charge >= 0.3 is 0 Å². The van der Waals surface area contributed by atoms with E-state index in [0.29, 0.717) is 22.9 Å². The molecule has 148 valence electrons. The van der Waals surface area contributed by atoms with Crippen molar-refractivity contribution in [3.8, 4) is 0 Å². The Kier molecular flexibility index (Phi) is 5.13. The molecular formula is C17H26N6O4. The van der Waals surface area contributed by atoms with Crippen molar-refractivity contribution in [2.45, 2.75) is 56.6 Å². The van der Waals surface area contributed by atoms with Gasteiger partial charge in [0.05, 0.1) is 12.9 Å². The maximum absolute atomic E-state index is 10.3. The number of ether oxygens (including phenoxy) is 1. The largest absolute Gasteiger partial charge is 0.394 e. The minimum atomic E-state index is -1.21. The second-order valence-electron chi connectivity index (χ2n) is 7.37. The first-order valence-corrected chi connectivity index (χ1v) is 9.45. The van der Waals surface area contributed by atoms with Crippen LogP contribution in [0, 0.1) is 5.92 Å². The van der Waals surface area contributed by atoms with Gasteiger partial charge < -0.3 is 31.1 Å². The molecule has 2 fully saturated rings. The van der Waals surface area contributed by atoms with Gasteiger partial charge in [0.2, 0.25) is 5.95 Å². The summed E-state index contributed by atoms with van der Waals surface area (Å²) < 4.78 is 7.09. The molecule has 0 unspecified atom stereocenters. The van der Waals surface area contributed by atoms with E-state index in [1.165, 1.54) is 43.0 Å². The summed E-state index contributed by atoms with van der Waals surface area (Å²) >= 11 is 0. The molecule has 3 heterocycles. The van der Waals surface area contributed by atoms with Crippen LogP contribution in [0.15, 0.2) is 6.33 Å². The number of hydrogen-bond donors (Lipinski definition) is 5. The van der Waals surface area contributed by atoms with E-state index >= 15 is 0 Å². The summed E-state index contributed by atoms with van der Waals surface area (Å²) in [5.74, 6) is 1.24. The monoisotopic (exact) mass is 378 g/mol. The topological polar surface area (TPSA) is 152 Å². The van der Waals surface area contributed by atoms with E-state index in [-0.39, 0.29) is 5.95 Å². The number of nitrogen functional groups attached to an aromatic ring is 1. The van der Waals surface area contributed by atoms with E-state index in [9.17, 15) is 15.3 Å².